The number of nitrogens with zero attached hydrogens (tertiary/aromatic N) is 3. The summed E-state index contributed by atoms with van der Waals surface area (Å²) in [6.07, 6.45) is 0.767. The largest absolute Gasteiger partial charge is 0.272 e. The number of hydrazine groups is 1. The third-order valence-electron chi connectivity index (χ3n) is 3.83. The van der Waals surface area contributed by atoms with E-state index in [2.05, 4.69) is 28.5 Å². The summed E-state index contributed by atoms with van der Waals surface area (Å²) in [5, 5.41) is 5.55. The Hall–Kier alpha value is -1.76. The van der Waals surface area contributed by atoms with Gasteiger partial charge >= 0.3 is 0 Å². The molecule has 3 rings (SSSR count). The Balaban J connectivity index is 1.93. The quantitative estimate of drug-likeness (QED) is 0.573. The normalized spacial score (nSPS) is 13.0. The molecule has 2 aromatic heterocycles. The molecule has 0 aliphatic heterocycles. The van der Waals surface area contributed by atoms with Crippen LogP contribution in [0.2, 0.25) is 0 Å². The van der Waals surface area contributed by atoms with Crippen molar-refractivity contribution in [1.29, 1.82) is 0 Å². The van der Waals surface area contributed by atoms with Crippen molar-refractivity contribution in [2.75, 3.05) is 0 Å². The monoisotopic (exact) mass is 301 g/mol. The molecule has 1 atom stereocenters. The molecular formula is C15H19N5S. The van der Waals surface area contributed by atoms with Gasteiger partial charge in [-0.2, -0.15) is 5.10 Å². The highest BCUT2D eigenvalue weighted by atomic mass is 32.1. The SMILES string of the molecule is Cc1nn(C)c(C)c1C(Cc1nc2ccccc2s1)NN. The summed E-state index contributed by atoms with van der Waals surface area (Å²) in [5.74, 6) is 5.78. The van der Waals surface area contributed by atoms with Gasteiger partial charge in [0.25, 0.3) is 0 Å². The van der Waals surface area contributed by atoms with Crippen LogP contribution in [0.5, 0.6) is 0 Å². The highest BCUT2D eigenvalue weighted by Gasteiger charge is 2.21. The maximum absolute atomic E-state index is 5.78. The molecule has 3 aromatic rings. The van der Waals surface area contributed by atoms with Gasteiger partial charge in [-0.05, 0) is 26.0 Å². The third kappa shape index (κ3) is 2.57. The average Bonchev–Trinajstić information content (AvgIpc) is 2.98. The average molecular weight is 301 g/mol. The van der Waals surface area contributed by atoms with Crippen molar-refractivity contribution in [3.05, 3.63) is 46.2 Å². The number of para-hydroxylation sites is 1. The number of nitrogens with two attached hydrogens (primary N) is 1. The molecule has 1 aromatic carbocycles. The lowest BCUT2D eigenvalue weighted by Crippen LogP contribution is -2.30. The van der Waals surface area contributed by atoms with Crippen molar-refractivity contribution in [3.63, 3.8) is 0 Å². The van der Waals surface area contributed by atoms with E-state index in [1.54, 1.807) is 11.3 Å². The summed E-state index contributed by atoms with van der Waals surface area (Å²) >= 11 is 1.72. The molecule has 2 heterocycles. The lowest BCUT2D eigenvalue weighted by molar-refractivity contribution is 0.545. The molecule has 21 heavy (non-hydrogen) atoms. The van der Waals surface area contributed by atoms with Crippen molar-refractivity contribution >= 4 is 21.6 Å². The van der Waals surface area contributed by atoms with Gasteiger partial charge < -0.3 is 0 Å². The van der Waals surface area contributed by atoms with Gasteiger partial charge in [-0.25, -0.2) is 4.98 Å². The van der Waals surface area contributed by atoms with Crippen LogP contribution in [-0.4, -0.2) is 14.8 Å². The second-order valence-electron chi connectivity index (χ2n) is 5.21. The van der Waals surface area contributed by atoms with Crippen molar-refractivity contribution in [1.82, 2.24) is 20.2 Å². The summed E-state index contributed by atoms with van der Waals surface area (Å²) in [7, 11) is 1.96. The maximum Gasteiger partial charge on any atom is 0.0958 e. The van der Waals surface area contributed by atoms with Crippen LogP contribution in [0.25, 0.3) is 10.2 Å². The third-order valence-corrected chi connectivity index (χ3v) is 4.89. The van der Waals surface area contributed by atoms with Gasteiger partial charge in [0.15, 0.2) is 0 Å². The molecular weight excluding hydrogens is 282 g/mol. The minimum Gasteiger partial charge on any atom is -0.272 e. The van der Waals surface area contributed by atoms with Gasteiger partial charge in [0.05, 0.1) is 27.0 Å². The van der Waals surface area contributed by atoms with E-state index in [4.69, 9.17) is 5.84 Å². The van der Waals surface area contributed by atoms with E-state index in [1.807, 2.05) is 36.9 Å². The van der Waals surface area contributed by atoms with E-state index < -0.39 is 0 Å². The molecule has 0 fully saturated rings. The Morgan fingerprint density at radius 2 is 2.10 bits per heavy atom. The zero-order chi connectivity index (χ0) is 15.0. The van der Waals surface area contributed by atoms with Crippen molar-refractivity contribution in [3.8, 4) is 0 Å². The first-order chi connectivity index (χ1) is 10.1. The molecule has 0 aliphatic carbocycles. The van der Waals surface area contributed by atoms with Gasteiger partial charge in [-0.3, -0.25) is 16.0 Å². The van der Waals surface area contributed by atoms with Crippen molar-refractivity contribution in [2.45, 2.75) is 26.3 Å². The molecule has 0 radical (unpaired) electrons. The molecule has 3 N–H and O–H groups in total. The molecule has 0 aliphatic rings. The number of aryl methyl sites for hydroxylation is 2. The highest BCUT2D eigenvalue weighted by molar-refractivity contribution is 7.18. The number of nitrogens with one attached hydrogen (secondary N) is 1. The lowest BCUT2D eigenvalue weighted by atomic mass is 10.0. The topological polar surface area (TPSA) is 68.8 Å². The minimum absolute atomic E-state index is 0.0271. The number of thiazole rings is 1. The van der Waals surface area contributed by atoms with Crippen molar-refractivity contribution < 1.29 is 0 Å². The summed E-state index contributed by atoms with van der Waals surface area (Å²) in [5.41, 5.74) is 7.28. The number of fused-ring (bicyclic) bond motifs is 1. The molecule has 0 bridgehead atoms. The van der Waals surface area contributed by atoms with E-state index in [0.29, 0.717) is 0 Å². The number of hydrogen-bond acceptors (Lipinski definition) is 5. The van der Waals surface area contributed by atoms with Gasteiger partial charge in [-0.15, -0.1) is 11.3 Å². The first kappa shape index (κ1) is 14.2. The second kappa shape index (κ2) is 5.55. The Morgan fingerprint density at radius 3 is 2.71 bits per heavy atom. The zero-order valence-corrected chi connectivity index (χ0v) is 13.2. The predicted molar refractivity (Wildman–Crippen MR) is 86.1 cm³/mol. The van der Waals surface area contributed by atoms with Gasteiger partial charge in [-0.1, -0.05) is 12.1 Å². The fourth-order valence-electron chi connectivity index (χ4n) is 2.72. The molecule has 0 spiro atoms. The Bertz CT molecular complexity index is 741. The van der Waals surface area contributed by atoms with E-state index in [9.17, 15) is 0 Å². The number of hydrogen-bond donors (Lipinski definition) is 2. The van der Waals surface area contributed by atoms with Crippen molar-refractivity contribution in [2.24, 2.45) is 12.9 Å². The van der Waals surface area contributed by atoms with Crippen LogP contribution in [0.15, 0.2) is 24.3 Å². The van der Waals surface area contributed by atoms with Crippen LogP contribution in [0, 0.1) is 13.8 Å². The molecule has 6 heteroatoms. The zero-order valence-electron chi connectivity index (χ0n) is 12.4. The van der Waals surface area contributed by atoms with E-state index in [-0.39, 0.29) is 6.04 Å². The summed E-state index contributed by atoms with van der Waals surface area (Å²) in [4.78, 5) is 4.69. The molecule has 0 saturated carbocycles. The first-order valence-corrected chi connectivity index (χ1v) is 7.72. The molecule has 110 valence electrons. The standard InChI is InChI=1S/C15H19N5S/c1-9-15(10(2)20(3)19-9)12(18-16)8-14-17-11-6-4-5-7-13(11)21-14/h4-7,12,18H,8,16H2,1-3H3. The predicted octanol–water partition coefficient (Wildman–Crippen LogP) is 2.39. The van der Waals surface area contributed by atoms with Crippen LogP contribution in [0.4, 0.5) is 0 Å². The van der Waals surface area contributed by atoms with E-state index in [1.165, 1.54) is 10.3 Å². The highest BCUT2D eigenvalue weighted by Crippen LogP contribution is 2.28. The number of rotatable bonds is 4. The van der Waals surface area contributed by atoms with Crippen LogP contribution < -0.4 is 11.3 Å². The first-order valence-electron chi connectivity index (χ1n) is 6.91. The van der Waals surface area contributed by atoms with Crippen LogP contribution in [-0.2, 0) is 13.5 Å². The van der Waals surface area contributed by atoms with Crippen LogP contribution in [0.3, 0.4) is 0 Å². The molecule has 0 saturated heterocycles. The number of benzene rings is 1. The minimum atomic E-state index is 0.0271. The van der Waals surface area contributed by atoms with Gasteiger partial charge in [0, 0.05) is 24.7 Å². The number of aromatic nitrogens is 3. The van der Waals surface area contributed by atoms with Crippen LogP contribution in [0.1, 0.15) is 28.0 Å². The molecule has 0 amide bonds. The lowest BCUT2D eigenvalue weighted by Gasteiger charge is -2.15. The van der Waals surface area contributed by atoms with E-state index >= 15 is 0 Å². The Morgan fingerprint density at radius 1 is 1.33 bits per heavy atom. The van der Waals surface area contributed by atoms with Gasteiger partial charge in [0.1, 0.15) is 0 Å². The summed E-state index contributed by atoms with van der Waals surface area (Å²) in [6.45, 7) is 4.09. The van der Waals surface area contributed by atoms with Gasteiger partial charge in [0.2, 0.25) is 0 Å². The smallest absolute Gasteiger partial charge is 0.0958 e. The fraction of sp³-hybridized carbons (Fsp3) is 0.333. The molecule has 1 unspecified atom stereocenters. The van der Waals surface area contributed by atoms with Crippen LogP contribution >= 0.6 is 11.3 Å². The maximum atomic E-state index is 5.78. The second-order valence-corrected chi connectivity index (χ2v) is 6.32. The van der Waals surface area contributed by atoms with E-state index in [0.717, 1.165) is 28.3 Å². The summed E-state index contributed by atoms with van der Waals surface area (Å²) in [6, 6.07) is 8.22. The fourth-order valence-corrected chi connectivity index (χ4v) is 3.73. The molecule has 5 nitrogen and oxygen atoms in total. The summed E-state index contributed by atoms with van der Waals surface area (Å²) < 4.78 is 3.11. The Kier molecular flexibility index (Phi) is 3.75. The Labute approximate surface area is 127 Å².